The molecule has 4 atom stereocenters. The standard InChI is InChI=1S/C35H38N2O3/c1-34(2)23-35(3,25-16-8-5-9-17-25)28-20-12-13-21-29(28)37(34)33(40)30(22-24-14-6-4-7-15-24)36-31(38)26-18-10-11-19-27(26)32(36)39/h4-9,12-17,20-21,26-27,30H,10-11,18-19,22-23H2,1-3H3/t26-,27-,30+,35-/m1/s1. The van der Waals surface area contributed by atoms with Crippen molar-refractivity contribution in [2.75, 3.05) is 4.90 Å². The molecule has 2 aliphatic heterocycles. The Morgan fingerprint density at radius 2 is 1.35 bits per heavy atom. The predicted molar refractivity (Wildman–Crippen MR) is 157 cm³/mol. The minimum absolute atomic E-state index is 0.166. The van der Waals surface area contributed by atoms with Crippen LogP contribution in [0.3, 0.4) is 0 Å². The molecule has 3 amide bonds. The molecule has 0 radical (unpaired) electrons. The van der Waals surface area contributed by atoms with Crippen molar-refractivity contribution in [3.05, 3.63) is 102 Å². The molecule has 206 valence electrons. The van der Waals surface area contributed by atoms with E-state index in [1.807, 2.05) is 59.5 Å². The van der Waals surface area contributed by atoms with Gasteiger partial charge in [-0.15, -0.1) is 0 Å². The fraction of sp³-hybridized carbons (Fsp3) is 0.400. The van der Waals surface area contributed by atoms with Crippen LogP contribution in [0.15, 0.2) is 84.9 Å². The van der Waals surface area contributed by atoms with E-state index in [2.05, 4.69) is 51.1 Å². The predicted octanol–water partition coefficient (Wildman–Crippen LogP) is 6.29. The van der Waals surface area contributed by atoms with Gasteiger partial charge in [0.05, 0.1) is 11.8 Å². The minimum atomic E-state index is -0.888. The van der Waals surface area contributed by atoms with E-state index in [1.165, 1.54) is 10.5 Å². The number of hydrogen-bond acceptors (Lipinski definition) is 3. The maximum absolute atomic E-state index is 14.9. The second-order valence-corrected chi connectivity index (χ2v) is 12.6. The molecule has 2 fully saturated rings. The summed E-state index contributed by atoms with van der Waals surface area (Å²) in [6, 6.07) is 27.5. The molecule has 3 aliphatic rings. The van der Waals surface area contributed by atoms with E-state index in [1.54, 1.807) is 0 Å². The third kappa shape index (κ3) is 4.27. The van der Waals surface area contributed by atoms with Crippen LogP contribution in [0.25, 0.3) is 0 Å². The number of para-hydroxylation sites is 1. The first-order chi connectivity index (χ1) is 19.2. The molecule has 1 saturated heterocycles. The monoisotopic (exact) mass is 534 g/mol. The highest BCUT2D eigenvalue weighted by atomic mass is 16.2. The molecule has 0 spiro atoms. The molecular formula is C35H38N2O3. The van der Waals surface area contributed by atoms with Crippen molar-refractivity contribution >= 4 is 23.4 Å². The topological polar surface area (TPSA) is 57.7 Å². The van der Waals surface area contributed by atoms with Gasteiger partial charge >= 0.3 is 0 Å². The van der Waals surface area contributed by atoms with Crippen LogP contribution in [-0.4, -0.2) is 34.2 Å². The molecule has 6 rings (SSSR count). The van der Waals surface area contributed by atoms with Crippen molar-refractivity contribution in [3.8, 4) is 0 Å². The fourth-order valence-corrected chi connectivity index (χ4v) is 7.75. The highest BCUT2D eigenvalue weighted by molar-refractivity contribution is 6.11. The van der Waals surface area contributed by atoms with Crippen LogP contribution in [0.5, 0.6) is 0 Å². The Kier molecular flexibility index (Phi) is 6.64. The molecule has 2 heterocycles. The SMILES string of the molecule is CC1(C)C[C@](C)(c2ccccc2)c2ccccc2N1C(=O)[C@H](Cc1ccccc1)N1C(=O)[C@@H]2CCCC[C@H]2C1=O. The van der Waals surface area contributed by atoms with Crippen LogP contribution in [0, 0.1) is 11.8 Å². The van der Waals surface area contributed by atoms with Gasteiger partial charge in [0.25, 0.3) is 5.91 Å². The van der Waals surface area contributed by atoms with E-state index in [0.29, 0.717) is 12.8 Å². The lowest BCUT2D eigenvalue weighted by atomic mass is 9.65. The molecule has 5 heteroatoms. The van der Waals surface area contributed by atoms with Crippen LogP contribution in [0.4, 0.5) is 5.69 Å². The minimum Gasteiger partial charge on any atom is -0.305 e. The maximum atomic E-state index is 14.9. The summed E-state index contributed by atoms with van der Waals surface area (Å²) in [5, 5.41) is 0. The molecule has 3 aromatic carbocycles. The second kappa shape index (κ2) is 10.0. The molecule has 0 bridgehead atoms. The molecule has 0 aromatic heterocycles. The summed E-state index contributed by atoms with van der Waals surface area (Å²) < 4.78 is 0. The van der Waals surface area contributed by atoms with Gasteiger partial charge in [-0.05, 0) is 55.9 Å². The number of fused-ring (bicyclic) bond motifs is 2. The molecule has 1 aliphatic carbocycles. The number of amides is 3. The zero-order valence-electron chi connectivity index (χ0n) is 23.7. The van der Waals surface area contributed by atoms with E-state index < -0.39 is 11.6 Å². The maximum Gasteiger partial charge on any atom is 0.251 e. The summed E-state index contributed by atoms with van der Waals surface area (Å²) in [7, 11) is 0. The Morgan fingerprint density at radius 1 is 0.800 bits per heavy atom. The van der Waals surface area contributed by atoms with Crippen molar-refractivity contribution in [1.82, 2.24) is 4.90 Å². The van der Waals surface area contributed by atoms with Gasteiger partial charge < -0.3 is 4.90 Å². The Hall–Kier alpha value is -3.73. The van der Waals surface area contributed by atoms with Gasteiger partial charge in [0, 0.05) is 23.1 Å². The number of nitrogens with zero attached hydrogens (tertiary/aromatic N) is 2. The van der Waals surface area contributed by atoms with Crippen molar-refractivity contribution < 1.29 is 14.4 Å². The number of carbonyl (C=O) groups is 3. The molecular weight excluding hydrogens is 496 g/mol. The summed E-state index contributed by atoms with van der Waals surface area (Å²) in [5.41, 5.74) is 3.21. The fourth-order valence-electron chi connectivity index (χ4n) is 7.75. The highest BCUT2D eigenvalue weighted by Gasteiger charge is 2.55. The van der Waals surface area contributed by atoms with Crippen LogP contribution in [0.1, 0.15) is 69.6 Å². The lowest BCUT2D eigenvalue weighted by molar-refractivity contribution is -0.147. The zero-order valence-corrected chi connectivity index (χ0v) is 23.7. The number of rotatable bonds is 5. The normalized spacial score (nSPS) is 26.3. The first-order valence-electron chi connectivity index (χ1n) is 14.6. The Balaban J connectivity index is 1.46. The third-order valence-electron chi connectivity index (χ3n) is 9.51. The summed E-state index contributed by atoms with van der Waals surface area (Å²) in [6.07, 6.45) is 4.38. The summed E-state index contributed by atoms with van der Waals surface area (Å²) in [5.74, 6) is -1.11. The first kappa shape index (κ1) is 26.5. The second-order valence-electron chi connectivity index (χ2n) is 12.6. The Labute approximate surface area is 237 Å². The van der Waals surface area contributed by atoms with Gasteiger partial charge in [0.1, 0.15) is 6.04 Å². The number of imide groups is 1. The van der Waals surface area contributed by atoms with Gasteiger partial charge in [0.15, 0.2) is 0 Å². The molecule has 40 heavy (non-hydrogen) atoms. The zero-order chi connectivity index (χ0) is 28.1. The van der Waals surface area contributed by atoms with E-state index in [0.717, 1.165) is 42.5 Å². The van der Waals surface area contributed by atoms with Gasteiger partial charge in [-0.1, -0.05) is 98.6 Å². The average molecular weight is 535 g/mol. The van der Waals surface area contributed by atoms with Gasteiger partial charge in [-0.2, -0.15) is 0 Å². The number of hydrogen-bond donors (Lipinski definition) is 0. The van der Waals surface area contributed by atoms with E-state index in [-0.39, 0.29) is 35.0 Å². The number of benzene rings is 3. The van der Waals surface area contributed by atoms with Crippen LogP contribution in [-0.2, 0) is 26.2 Å². The Bertz CT molecular complexity index is 1410. The summed E-state index contributed by atoms with van der Waals surface area (Å²) in [4.78, 5) is 45.7. The first-order valence-corrected chi connectivity index (χ1v) is 14.6. The van der Waals surface area contributed by atoms with Crippen LogP contribution < -0.4 is 4.90 Å². The Morgan fingerprint density at radius 3 is 1.98 bits per heavy atom. The molecule has 5 nitrogen and oxygen atoms in total. The molecule has 0 N–H and O–H groups in total. The van der Waals surface area contributed by atoms with Crippen molar-refractivity contribution in [1.29, 1.82) is 0 Å². The molecule has 1 saturated carbocycles. The quantitative estimate of drug-likeness (QED) is 0.361. The van der Waals surface area contributed by atoms with E-state index in [4.69, 9.17) is 0 Å². The van der Waals surface area contributed by atoms with Crippen LogP contribution >= 0.6 is 0 Å². The van der Waals surface area contributed by atoms with Gasteiger partial charge in [-0.3, -0.25) is 19.3 Å². The van der Waals surface area contributed by atoms with Crippen molar-refractivity contribution in [3.63, 3.8) is 0 Å². The summed E-state index contributed by atoms with van der Waals surface area (Å²) in [6.45, 7) is 6.47. The van der Waals surface area contributed by atoms with Gasteiger partial charge in [0.2, 0.25) is 11.8 Å². The van der Waals surface area contributed by atoms with Crippen LogP contribution in [0.2, 0.25) is 0 Å². The summed E-state index contributed by atoms with van der Waals surface area (Å²) >= 11 is 0. The van der Waals surface area contributed by atoms with Crippen molar-refractivity contribution in [2.24, 2.45) is 11.8 Å². The van der Waals surface area contributed by atoms with E-state index in [9.17, 15) is 14.4 Å². The smallest absolute Gasteiger partial charge is 0.251 e. The largest absolute Gasteiger partial charge is 0.305 e. The van der Waals surface area contributed by atoms with E-state index >= 15 is 0 Å². The molecule has 3 aromatic rings. The average Bonchev–Trinajstić information content (AvgIpc) is 3.21. The number of carbonyl (C=O) groups excluding carboxylic acids is 3. The lowest BCUT2D eigenvalue weighted by Gasteiger charge is -2.52. The number of likely N-dealkylation sites (tertiary alicyclic amines) is 1. The number of anilines is 1. The lowest BCUT2D eigenvalue weighted by Crippen LogP contribution is -2.61. The third-order valence-corrected chi connectivity index (χ3v) is 9.51. The van der Waals surface area contributed by atoms with Gasteiger partial charge in [-0.25, -0.2) is 0 Å². The highest BCUT2D eigenvalue weighted by Crippen LogP contribution is 2.51. The molecule has 0 unspecified atom stereocenters. The van der Waals surface area contributed by atoms with Crippen molar-refractivity contribution in [2.45, 2.75) is 76.3 Å².